The van der Waals surface area contributed by atoms with E-state index in [1.807, 2.05) is 0 Å². The average molecular weight is 300 g/mol. The van der Waals surface area contributed by atoms with E-state index in [0.29, 0.717) is 23.8 Å². The first-order chi connectivity index (χ1) is 10.6. The Morgan fingerprint density at radius 3 is 2.91 bits per heavy atom. The minimum atomic E-state index is 0.357. The van der Waals surface area contributed by atoms with Gasteiger partial charge in [-0.15, -0.1) is 0 Å². The number of hydrogen-bond donors (Lipinski definition) is 1. The second-order valence-corrected chi connectivity index (χ2v) is 7.08. The summed E-state index contributed by atoms with van der Waals surface area (Å²) >= 11 is 0. The Balaban J connectivity index is 1.58. The van der Waals surface area contributed by atoms with Crippen LogP contribution in [0.5, 0.6) is 0 Å². The average Bonchev–Trinajstić information content (AvgIpc) is 3.15. The third kappa shape index (κ3) is 3.35. The quantitative estimate of drug-likeness (QED) is 0.927. The number of hydrogen-bond acceptors (Lipinski definition) is 2. The van der Waals surface area contributed by atoms with Crippen LogP contribution in [0.1, 0.15) is 49.7 Å². The number of nitrogens with zero attached hydrogens (tertiary/aromatic N) is 1. The first kappa shape index (κ1) is 15.5. The fourth-order valence-electron chi connectivity index (χ4n) is 4.08. The highest BCUT2D eigenvalue weighted by molar-refractivity contribution is 5.77. The minimum absolute atomic E-state index is 0.357. The molecule has 3 heteroatoms. The number of carbonyl (C=O) groups is 1. The van der Waals surface area contributed by atoms with Crippen molar-refractivity contribution in [3.63, 3.8) is 0 Å². The highest BCUT2D eigenvalue weighted by atomic mass is 16.2. The second kappa shape index (κ2) is 6.82. The van der Waals surface area contributed by atoms with E-state index in [1.165, 1.54) is 17.5 Å². The molecular weight excluding hydrogens is 272 g/mol. The largest absolute Gasteiger partial charge is 0.339 e. The summed E-state index contributed by atoms with van der Waals surface area (Å²) < 4.78 is 0. The summed E-state index contributed by atoms with van der Waals surface area (Å²) in [6.07, 6.45) is 4.09. The Kier molecular flexibility index (Phi) is 4.82. The Morgan fingerprint density at radius 1 is 1.36 bits per heavy atom. The molecule has 3 rings (SSSR count). The molecule has 22 heavy (non-hydrogen) atoms. The van der Waals surface area contributed by atoms with Crippen LogP contribution in [0.3, 0.4) is 0 Å². The molecule has 120 valence electrons. The second-order valence-electron chi connectivity index (χ2n) is 7.08. The minimum Gasteiger partial charge on any atom is -0.339 e. The third-order valence-corrected chi connectivity index (χ3v) is 5.45. The Hall–Kier alpha value is -1.35. The van der Waals surface area contributed by atoms with E-state index in [9.17, 15) is 4.79 Å². The molecule has 1 N–H and O–H groups in total. The van der Waals surface area contributed by atoms with Gasteiger partial charge in [0.15, 0.2) is 0 Å². The van der Waals surface area contributed by atoms with Gasteiger partial charge in [0.2, 0.25) is 5.91 Å². The summed E-state index contributed by atoms with van der Waals surface area (Å²) in [5.41, 5.74) is 2.77. The summed E-state index contributed by atoms with van der Waals surface area (Å²) in [6.45, 7) is 7.49. The van der Waals surface area contributed by atoms with Gasteiger partial charge < -0.3 is 10.2 Å². The molecule has 3 atom stereocenters. The first-order valence-electron chi connectivity index (χ1n) is 8.71. The van der Waals surface area contributed by atoms with E-state index < -0.39 is 0 Å². The van der Waals surface area contributed by atoms with E-state index in [4.69, 9.17) is 0 Å². The van der Waals surface area contributed by atoms with E-state index in [2.05, 4.69) is 48.3 Å². The van der Waals surface area contributed by atoms with Gasteiger partial charge in [-0.3, -0.25) is 4.79 Å². The predicted molar refractivity (Wildman–Crippen MR) is 89.9 cm³/mol. The Labute approximate surface area is 134 Å². The molecule has 1 aromatic carbocycles. The lowest BCUT2D eigenvalue weighted by Gasteiger charge is -2.22. The van der Waals surface area contributed by atoms with E-state index in [1.54, 1.807) is 0 Å². The number of aryl methyl sites for hydroxylation is 1. The van der Waals surface area contributed by atoms with Gasteiger partial charge in [0.25, 0.3) is 0 Å². The van der Waals surface area contributed by atoms with Gasteiger partial charge in [0, 0.05) is 24.9 Å². The van der Waals surface area contributed by atoms with Crippen molar-refractivity contribution in [1.29, 1.82) is 0 Å². The van der Waals surface area contributed by atoms with Gasteiger partial charge in [-0.2, -0.15) is 0 Å². The molecule has 1 amide bonds. The standard InChI is InChI=1S/C19H28N2O/c1-14-5-3-4-6-18(14)17-11-15(2)21(13-17)19(22)8-7-16-9-10-20-12-16/h3-6,15-17,20H,7-13H2,1-2H3. The van der Waals surface area contributed by atoms with Gasteiger partial charge in [0.05, 0.1) is 0 Å². The van der Waals surface area contributed by atoms with Crippen LogP contribution < -0.4 is 5.32 Å². The molecule has 0 aromatic heterocycles. The molecule has 0 aliphatic carbocycles. The molecule has 0 radical (unpaired) electrons. The van der Waals surface area contributed by atoms with Crippen LogP contribution in [0.2, 0.25) is 0 Å². The molecule has 3 nitrogen and oxygen atoms in total. The molecule has 2 heterocycles. The van der Waals surface area contributed by atoms with E-state index in [0.717, 1.165) is 38.9 Å². The van der Waals surface area contributed by atoms with Crippen molar-refractivity contribution in [3.8, 4) is 0 Å². The molecule has 2 saturated heterocycles. The molecule has 2 aliphatic rings. The zero-order chi connectivity index (χ0) is 15.5. The molecule has 2 fully saturated rings. The Morgan fingerprint density at radius 2 is 2.18 bits per heavy atom. The van der Waals surface area contributed by atoms with Crippen LogP contribution in [0.15, 0.2) is 24.3 Å². The van der Waals surface area contributed by atoms with Crippen LogP contribution in [-0.2, 0) is 4.79 Å². The number of likely N-dealkylation sites (tertiary alicyclic amines) is 1. The maximum Gasteiger partial charge on any atom is 0.222 e. The van der Waals surface area contributed by atoms with E-state index in [-0.39, 0.29) is 0 Å². The number of rotatable bonds is 4. The van der Waals surface area contributed by atoms with Gasteiger partial charge in [-0.25, -0.2) is 0 Å². The first-order valence-corrected chi connectivity index (χ1v) is 8.71. The van der Waals surface area contributed by atoms with Crippen LogP contribution in [0, 0.1) is 12.8 Å². The topological polar surface area (TPSA) is 32.3 Å². The van der Waals surface area contributed by atoms with Gasteiger partial charge in [0.1, 0.15) is 0 Å². The van der Waals surface area contributed by atoms with Crippen LogP contribution in [0.4, 0.5) is 0 Å². The van der Waals surface area contributed by atoms with Crippen LogP contribution in [0.25, 0.3) is 0 Å². The fraction of sp³-hybridized carbons (Fsp3) is 0.632. The van der Waals surface area contributed by atoms with Gasteiger partial charge >= 0.3 is 0 Å². The van der Waals surface area contributed by atoms with Crippen LogP contribution in [-0.4, -0.2) is 36.5 Å². The summed E-state index contributed by atoms with van der Waals surface area (Å²) in [4.78, 5) is 14.7. The Bertz CT molecular complexity index is 522. The molecule has 3 unspecified atom stereocenters. The van der Waals surface area contributed by atoms with Gasteiger partial charge in [-0.05, 0) is 63.2 Å². The van der Waals surface area contributed by atoms with E-state index >= 15 is 0 Å². The SMILES string of the molecule is Cc1ccccc1C1CC(C)N(C(=O)CCC2CCNC2)C1. The predicted octanol–water partition coefficient (Wildman–Crippen LogP) is 3.09. The summed E-state index contributed by atoms with van der Waals surface area (Å²) in [5, 5.41) is 3.38. The van der Waals surface area contributed by atoms with Crippen molar-refractivity contribution >= 4 is 5.91 Å². The molecule has 1 aromatic rings. The molecular formula is C19H28N2O. The highest BCUT2D eigenvalue weighted by Crippen LogP contribution is 2.33. The maximum atomic E-state index is 12.6. The van der Waals surface area contributed by atoms with Crippen molar-refractivity contribution in [2.24, 2.45) is 5.92 Å². The lowest BCUT2D eigenvalue weighted by Crippen LogP contribution is -2.34. The third-order valence-electron chi connectivity index (χ3n) is 5.45. The monoisotopic (exact) mass is 300 g/mol. The number of carbonyl (C=O) groups excluding carboxylic acids is 1. The van der Waals surface area contributed by atoms with Crippen molar-refractivity contribution in [2.45, 2.75) is 51.5 Å². The highest BCUT2D eigenvalue weighted by Gasteiger charge is 2.33. The summed E-state index contributed by atoms with van der Waals surface area (Å²) in [7, 11) is 0. The zero-order valence-electron chi connectivity index (χ0n) is 13.8. The number of benzene rings is 1. The van der Waals surface area contributed by atoms with Gasteiger partial charge in [-0.1, -0.05) is 24.3 Å². The number of amides is 1. The van der Waals surface area contributed by atoms with Crippen molar-refractivity contribution in [3.05, 3.63) is 35.4 Å². The molecule has 0 bridgehead atoms. The summed E-state index contributed by atoms with van der Waals surface area (Å²) in [5.74, 6) is 1.57. The number of nitrogens with one attached hydrogen (secondary N) is 1. The lowest BCUT2D eigenvalue weighted by molar-refractivity contribution is -0.132. The maximum absolute atomic E-state index is 12.6. The molecule has 0 saturated carbocycles. The normalized spacial score (nSPS) is 28.3. The zero-order valence-corrected chi connectivity index (χ0v) is 13.8. The smallest absolute Gasteiger partial charge is 0.222 e. The molecule has 0 spiro atoms. The fourth-order valence-corrected chi connectivity index (χ4v) is 4.08. The van der Waals surface area contributed by atoms with Crippen molar-refractivity contribution < 1.29 is 4.79 Å². The lowest BCUT2D eigenvalue weighted by atomic mass is 9.93. The van der Waals surface area contributed by atoms with Crippen LogP contribution >= 0.6 is 0 Å². The van der Waals surface area contributed by atoms with Crippen molar-refractivity contribution in [1.82, 2.24) is 10.2 Å². The molecule has 2 aliphatic heterocycles. The van der Waals surface area contributed by atoms with Crippen molar-refractivity contribution in [2.75, 3.05) is 19.6 Å². The summed E-state index contributed by atoms with van der Waals surface area (Å²) in [6, 6.07) is 8.99.